The number of aliphatic imine (C=N–C) groups is 1. The Morgan fingerprint density at radius 3 is 2.55 bits per heavy atom. The van der Waals surface area contributed by atoms with Crippen molar-refractivity contribution in [2.45, 2.75) is 9.83 Å². The minimum Gasteiger partial charge on any atom is -0.365 e. The van der Waals surface area contributed by atoms with E-state index in [1.165, 1.54) is 0 Å². The summed E-state index contributed by atoms with van der Waals surface area (Å²) in [7, 11) is 0. The molecule has 0 bridgehead atoms. The van der Waals surface area contributed by atoms with Gasteiger partial charge in [0.15, 0.2) is 0 Å². The molecule has 2 nitrogen and oxygen atoms in total. The third-order valence-electron chi connectivity index (χ3n) is 1.27. The quantitative estimate of drug-likeness (QED) is 0.731. The summed E-state index contributed by atoms with van der Waals surface area (Å²) in [5.41, 5.74) is 0. The molecule has 1 aliphatic rings. The van der Waals surface area contributed by atoms with Gasteiger partial charge in [-0.15, -0.1) is 0 Å². The number of rotatable bonds is 1. The lowest BCUT2D eigenvalue weighted by molar-refractivity contribution is 0.738. The second kappa shape index (κ2) is 3.69. The van der Waals surface area contributed by atoms with Gasteiger partial charge in [0.25, 0.3) is 0 Å². The monoisotopic (exact) mass is 278 g/mol. The second-order valence-corrected chi connectivity index (χ2v) is 5.11. The first kappa shape index (κ1) is 9.90. The Morgan fingerprint density at radius 2 is 2.27 bits per heavy atom. The summed E-state index contributed by atoms with van der Waals surface area (Å²) in [4.78, 5) is 4.04. The minimum absolute atomic E-state index is 0.251. The molecule has 0 spiro atoms. The van der Waals surface area contributed by atoms with Crippen LogP contribution in [0.15, 0.2) is 4.99 Å². The molecule has 0 aromatic heterocycles. The summed E-state index contributed by atoms with van der Waals surface area (Å²) < 4.78 is -1.41. The molecule has 1 atom stereocenters. The molecule has 0 fully saturated rings. The van der Waals surface area contributed by atoms with Crippen LogP contribution in [0.4, 0.5) is 0 Å². The molecular weight excluding hydrogens is 274 g/mol. The lowest BCUT2D eigenvalue weighted by Crippen LogP contribution is -2.37. The average Bonchev–Trinajstić information content (AvgIpc) is 2.32. The molecule has 1 rings (SSSR count). The third-order valence-corrected chi connectivity index (χ3v) is 2.58. The molecule has 1 N–H and O–H groups in total. The van der Waals surface area contributed by atoms with Gasteiger partial charge in [-0.1, -0.05) is 50.7 Å². The fraction of sp³-hybridized carbons (Fsp3) is 0.800. The first-order chi connectivity index (χ1) is 5.04. The molecule has 64 valence electrons. The normalized spacial score (nSPS) is 24.7. The van der Waals surface area contributed by atoms with Crippen LogP contribution in [0.1, 0.15) is 0 Å². The van der Waals surface area contributed by atoms with Gasteiger partial charge >= 0.3 is 0 Å². The molecule has 1 unspecified atom stereocenters. The van der Waals surface area contributed by atoms with E-state index in [2.05, 4.69) is 26.2 Å². The molecule has 0 saturated heterocycles. The summed E-state index contributed by atoms with van der Waals surface area (Å²) in [6.07, 6.45) is 0. The third kappa shape index (κ3) is 2.65. The van der Waals surface area contributed by atoms with Crippen molar-refractivity contribution in [3.63, 3.8) is 0 Å². The van der Waals surface area contributed by atoms with Crippen molar-refractivity contribution in [2.24, 2.45) is 4.99 Å². The molecule has 0 amide bonds. The van der Waals surface area contributed by atoms with Gasteiger partial charge in [0.1, 0.15) is 5.84 Å². The number of nitrogens with one attached hydrogen (secondary N) is 1. The van der Waals surface area contributed by atoms with Crippen molar-refractivity contribution in [3.8, 4) is 0 Å². The summed E-state index contributed by atoms with van der Waals surface area (Å²) in [6.45, 7) is 0.661. The van der Waals surface area contributed by atoms with Gasteiger partial charge in [-0.25, -0.2) is 0 Å². The number of hydrogen-bond donors (Lipinski definition) is 1. The van der Waals surface area contributed by atoms with Gasteiger partial charge in [0.05, 0.1) is 12.6 Å². The number of amidine groups is 1. The van der Waals surface area contributed by atoms with Crippen molar-refractivity contribution in [1.82, 2.24) is 5.32 Å². The molecule has 1 heterocycles. The van der Waals surface area contributed by atoms with E-state index >= 15 is 0 Å². The van der Waals surface area contributed by atoms with Crippen LogP contribution in [0.3, 0.4) is 0 Å². The van der Waals surface area contributed by atoms with Gasteiger partial charge in [-0.3, -0.25) is 4.99 Å². The Kier molecular flexibility index (Phi) is 3.32. The number of hydrogen-bond acceptors (Lipinski definition) is 2. The molecule has 0 aromatic carbocycles. The smallest absolute Gasteiger partial charge is 0.247 e. The molecular formula is C5H6BrCl3N2. The first-order valence-corrected chi connectivity index (χ1v) is 5.23. The maximum Gasteiger partial charge on any atom is 0.247 e. The van der Waals surface area contributed by atoms with E-state index in [0.29, 0.717) is 12.4 Å². The Balaban J connectivity index is 2.53. The van der Waals surface area contributed by atoms with Gasteiger partial charge in [0, 0.05) is 5.33 Å². The van der Waals surface area contributed by atoms with E-state index in [4.69, 9.17) is 34.8 Å². The topological polar surface area (TPSA) is 24.4 Å². The standard InChI is InChI=1S/C5H6BrCl3N2/c6-1-3-2-10-4(11-3)5(7,8)9/h3H,1-2H2,(H,10,11). The highest BCUT2D eigenvalue weighted by Gasteiger charge is 2.32. The Morgan fingerprint density at radius 1 is 1.64 bits per heavy atom. The lowest BCUT2D eigenvalue weighted by atomic mass is 10.4. The fourth-order valence-electron chi connectivity index (χ4n) is 0.745. The first-order valence-electron chi connectivity index (χ1n) is 2.98. The van der Waals surface area contributed by atoms with E-state index < -0.39 is 3.79 Å². The van der Waals surface area contributed by atoms with Crippen molar-refractivity contribution in [3.05, 3.63) is 0 Å². The van der Waals surface area contributed by atoms with Crippen molar-refractivity contribution in [2.75, 3.05) is 11.9 Å². The zero-order chi connectivity index (χ0) is 8.48. The van der Waals surface area contributed by atoms with Crippen LogP contribution in [-0.2, 0) is 0 Å². The Labute approximate surface area is 88.4 Å². The average molecular weight is 280 g/mol. The fourth-order valence-corrected chi connectivity index (χ4v) is 1.45. The van der Waals surface area contributed by atoms with E-state index in [1.807, 2.05) is 0 Å². The zero-order valence-corrected chi connectivity index (χ0v) is 9.30. The minimum atomic E-state index is -1.41. The van der Waals surface area contributed by atoms with E-state index in [1.54, 1.807) is 0 Å². The Bertz CT molecular complexity index is 177. The summed E-state index contributed by atoms with van der Waals surface area (Å²) in [5.74, 6) is 0.437. The SMILES string of the molecule is ClC(Cl)(Cl)C1=NCC(CBr)N1. The van der Waals surface area contributed by atoms with Crippen LogP contribution in [-0.4, -0.2) is 27.5 Å². The molecule has 0 aromatic rings. The van der Waals surface area contributed by atoms with Crippen molar-refractivity contribution < 1.29 is 0 Å². The molecule has 0 aliphatic carbocycles. The maximum absolute atomic E-state index is 5.58. The van der Waals surface area contributed by atoms with Gasteiger partial charge in [0.2, 0.25) is 3.79 Å². The van der Waals surface area contributed by atoms with Crippen LogP contribution in [0, 0.1) is 0 Å². The van der Waals surface area contributed by atoms with Crippen LogP contribution >= 0.6 is 50.7 Å². The van der Waals surface area contributed by atoms with Gasteiger partial charge in [-0.2, -0.15) is 0 Å². The lowest BCUT2D eigenvalue weighted by Gasteiger charge is -2.13. The number of halogens is 4. The Hall–Kier alpha value is 0.820. The summed E-state index contributed by atoms with van der Waals surface area (Å²) in [6, 6.07) is 0.251. The van der Waals surface area contributed by atoms with Crippen LogP contribution < -0.4 is 5.32 Å². The number of alkyl halides is 4. The highest BCUT2D eigenvalue weighted by Crippen LogP contribution is 2.28. The molecule has 6 heteroatoms. The molecule has 0 radical (unpaired) electrons. The predicted octanol–water partition coefficient (Wildman–Crippen LogP) is 2.12. The van der Waals surface area contributed by atoms with E-state index in [0.717, 1.165) is 5.33 Å². The van der Waals surface area contributed by atoms with E-state index in [-0.39, 0.29) is 6.04 Å². The van der Waals surface area contributed by atoms with Gasteiger partial charge < -0.3 is 5.32 Å². The summed E-state index contributed by atoms with van der Waals surface area (Å²) in [5, 5.41) is 3.79. The largest absolute Gasteiger partial charge is 0.365 e. The highest BCUT2D eigenvalue weighted by atomic mass is 79.9. The maximum atomic E-state index is 5.58. The second-order valence-electron chi connectivity index (χ2n) is 2.18. The van der Waals surface area contributed by atoms with Crippen LogP contribution in [0.25, 0.3) is 0 Å². The molecule has 1 aliphatic heterocycles. The van der Waals surface area contributed by atoms with Crippen LogP contribution in [0.2, 0.25) is 0 Å². The predicted molar refractivity (Wildman–Crippen MR) is 53.3 cm³/mol. The highest BCUT2D eigenvalue weighted by molar-refractivity contribution is 9.09. The van der Waals surface area contributed by atoms with Crippen molar-refractivity contribution >= 4 is 56.6 Å². The molecule has 11 heavy (non-hydrogen) atoms. The van der Waals surface area contributed by atoms with Crippen LogP contribution in [0.5, 0.6) is 0 Å². The van der Waals surface area contributed by atoms with Gasteiger partial charge in [-0.05, 0) is 0 Å². The number of nitrogens with zero attached hydrogens (tertiary/aromatic N) is 1. The summed E-state index contributed by atoms with van der Waals surface area (Å²) >= 11 is 20.1. The molecule has 0 saturated carbocycles. The van der Waals surface area contributed by atoms with E-state index in [9.17, 15) is 0 Å². The zero-order valence-electron chi connectivity index (χ0n) is 5.45. The van der Waals surface area contributed by atoms with Crippen molar-refractivity contribution in [1.29, 1.82) is 0 Å².